The zero-order chi connectivity index (χ0) is 17.7. The third-order valence-corrected chi connectivity index (χ3v) is 4.15. The quantitative estimate of drug-likeness (QED) is 0.892. The first kappa shape index (κ1) is 18.3. The van der Waals surface area contributed by atoms with Crippen LogP contribution in [-0.4, -0.2) is 41.9 Å². The molecule has 0 atom stereocenters. The van der Waals surface area contributed by atoms with Crippen molar-refractivity contribution < 1.29 is 9.59 Å². The van der Waals surface area contributed by atoms with Gasteiger partial charge in [-0.1, -0.05) is 13.0 Å². The fraction of sp³-hybridized carbons (Fsp3) is 0.579. The molecule has 1 aromatic carbocycles. The van der Waals surface area contributed by atoms with Crippen molar-refractivity contribution in [3.05, 3.63) is 29.8 Å². The first-order valence-electron chi connectivity index (χ1n) is 8.69. The minimum absolute atomic E-state index is 0.0655. The first-order valence-corrected chi connectivity index (χ1v) is 8.69. The molecule has 132 valence electrons. The SMILES string of the molecule is CC1CCN(C(=O)c2cccc(NCC(=O)NC(C)(C)C)c2)CC1. The van der Waals surface area contributed by atoms with Crippen LogP contribution in [0.5, 0.6) is 0 Å². The van der Waals surface area contributed by atoms with E-state index in [9.17, 15) is 9.59 Å². The van der Waals surface area contributed by atoms with Gasteiger partial charge in [-0.05, 0) is 57.7 Å². The van der Waals surface area contributed by atoms with Gasteiger partial charge in [-0.25, -0.2) is 0 Å². The normalized spacial score (nSPS) is 15.9. The van der Waals surface area contributed by atoms with Crippen LogP contribution in [0.25, 0.3) is 0 Å². The molecular formula is C19H29N3O2. The van der Waals surface area contributed by atoms with Gasteiger partial charge in [0.1, 0.15) is 0 Å². The summed E-state index contributed by atoms with van der Waals surface area (Å²) in [6.07, 6.45) is 2.13. The smallest absolute Gasteiger partial charge is 0.253 e. The van der Waals surface area contributed by atoms with Gasteiger partial charge < -0.3 is 15.5 Å². The molecule has 2 rings (SSSR count). The zero-order valence-corrected chi connectivity index (χ0v) is 15.2. The third kappa shape index (κ3) is 5.55. The standard InChI is InChI=1S/C19H29N3O2/c1-14-8-10-22(11-9-14)18(24)15-6-5-7-16(12-15)20-13-17(23)21-19(2,3)4/h5-7,12,14,20H,8-11,13H2,1-4H3,(H,21,23). The summed E-state index contributed by atoms with van der Waals surface area (Å²) in [5.41, 5.74) is 1.21. The Morgan fingerprint density at radius 2 is 1.88 bits per heavy atom. The largest absolute Gasteiger partial charge is 0.376 e. The molecule has 1 aliphatic heterocycles. The maximum atomic E-state index is 12.6. The molecule has 24 heavy (non-hydrogen) atoms. The average molecular weight is 331 g/mol. The predicted molar refractivity (Wildman–Crippen MR) is 97.1 cm³/mol. The molecule has 0 aliphatic carbocycles. The van der Waals surface area contributed by atoms with Crippen LogP contribution in [0.1, 0.15) is 50.9 Å². The molecule has 5 heteroatoms. The van der Waals surface area contributed by atoms with Gasteiger partial charge in [-0.3, -0.25) is 9.59 Å². The minimum Gasteiger partial charge on any atom is -0.376 e. The fourth-order valence-electron chi connectivity index (χ4n) is 2.80. The Hall–Kier alpha value is -2.04. The lowest BCUT2D eigenvalue weighted by Gasteiger charge is -2.30. The van der Waals surface area contributed by atoms with Crippen molar-refractivity contribution in [1.29, 1.82) is 0 Å². The molecule has 0 bridgehead atoms. The molecule has 0 aromatic heterocycles. The highest BCUT2D eigenvalue weighted by atomic mass is 16.2. The summed E-state index contributed by atoms with van der Waals surface area (Å²) >= 11 is 0. The molecular weight excluding hydrogens is 302 g/mol. The lowest BCUT2D eigenvalue weighted by Crippen LogP contribution is -2.43. The Labute approximate surface area is 144 Å². The zero-order valence-electron chi connectivity index (χ0n) is 15.2. The minimum atomic E-state index is -0.248. The Morgan fingerprint density at radius 3 is 2.50 bits per heavy atom. The number of piperidine rings is 1. The van der Waals surface area contributed by atoms with Crippen molar-refractivity contribution in [2.75, 3.05) is 25.0 Å². The van der Waals surface area contributed by atoms with Gasteiger partial charge in [0.05, 0.1) is 6.54 Å². The molecule has 0 spiro atoms. The second-order valence-electron chi connectivity index (χ2n) is 7.71. The maximum Gasteiger partial charge on any atom is 0.253 e. The van der Waals surface area contributed by atoms with Crippen LogP contribution < -0.4 is 10.6 Å². The number of amides is 2. The predicted octanol–water partition coefficient (Wildman–Crippen LogP) is 2.89. The second kappa shape index (κ2) is 7.69. The van der Waals surface area contributed by atoms with Gasteiger partial charge in [0.15, 0.2) is 0 Å². The van der Waals surface area contributed by atoms with Gasteiger partial charge in [-0.2, -0.15) is 0 Å². The lowest BCUT2D eigenvalue weighted by atomic mass is 9.98. The number of nitrogens with zero attached hydrogens (tertiary/aromatic N) is 1. The van der Waals surface area contributed by atoms with E-state index in [4.69, 9.17) is 0 Å². The summed E-state index contributed by atoms with van der Waals surface area (Å²) in [7, 11) is 0. The summed E-state index contributed by atoms with van der Waals surface area (Å²) < 4.78 is 0. The summed E-state index contributed by atoms with van der Waals surface area (Å²) in [5.74, 6) is 0.706. The number of nitrogens with one attached hydrogen (secondary N) is 2. The van der Waals surface area contributed by atoms with Crippen molar-refractivity contribution >= 4 is 17.5 Å². The first-order chi connectivity index (χ1) is 11.2. The van der Waals surface area contributed by atoms with Crippen LogP contribution in [0.2, 0.25) is 0 Å². The summed E-state index contributed by atoms with van der Waals surface area (Å²) in [5, 5.41) is 6.00. The summed E-state index contributed by atoms with van der Waals surface area (Å²) in [6.45, 7) is 9.92. The molecule has 1 aliphatic rings. The number of carbonyl (C=O) groups is 2. The Bertz CT molecular complexity index is 585. The van der Waals surface area contributed by atoms with Crippen molar-refractivity contribution in [2.45, 2.75) is 46.1 Å². The van der Waals surface area contributed by atoms with Gasteiger partial charge >= 0.3 is 0 Å². The lowest BCUT2D eigenvalue weighted by molar-refractivity contribution is -0.120. The number of hydrogen-bond acceptors (Lipinski definition) is 3. The summed E-state index contributed by atoms with van der Waals surface area (Å²) in [6, 6.07) is 7.38. The van der Waals surface area contributed by atoms with E-state index >= 15 is 0 Å². The molecule has 2 N–H and O–H groups in total. The Morgan fingerprint density at radius 1 is 1.21 bits per heavy atom. The van der Waals surface area contributed by atoms with Crippen LogP contribution in [-0.2, 0) is 4.79 Å². The number of rotatable bonds is 4. The number of hydrogen-bond donors (Lipinski definition) is 2. The molecule has 2 amide bonds. The highest BCUT2D eigenvalue weighted by Gasteiger charge is 2.21. The Balaban J connectivity index is 1.93. The molecule has 0 unspecified atom stereocenters. The van der Waals surface area contributed by atoms with E-state index < -0.39 is 0 Å². The molecule has 1 heterocycles. The van der Waals surface area contributed by atoms with Crippen LogP contribution >= 0.6 is 0 Å². The molecule has 0 saturated carbocycles. The van der Waals surface area contributed by atoms with Crippen molar-refractivity contribution in [2.24, 2.45) is 5.92 Å². The number of likely N-dealkylation sites (tertiary alicyclic amines) is 1. The second-order valence-corrected chi connectivity index (χ2v) is 7.71. The van der Waals surface area contributed by atoms with Crippen molar-refractivity contribution in [1.82, 2.24) is 10.2 Å². The number of carbonyl (C=O) groups excluding carboxylic acids is 2. The molecule has 0 radical (unpaired) electrons. The van der Waals surface area contributed by atoms with E-state index in [0.717, 1.165) is 31.6 Å². The highest BCUT2D eigenvalue weighted by Crippen LogP contribution is 2.19. The molecule has 1 aromatic rings. The van der Waals surface area contributed by atoms with Gasteiger partial charge in [-0.15, -0.1) is 0 Å². The van der Waals surface area contributed by atoms with Gasteiger partial charge in [0, 0.05) is 29.9 Å². The highest BCUT2D eigenvalue weighted by molar-refractivity contribution is 5.95. The maximum absolute atomic E-state index is 12.6. The fourth-order valence-corrected chi connectivity index (χ4v) is 2.80. The van der Waals surface area contributed by atoms with Crippen LogP contribution in [0, 0.1) is 5.92 Å². The van der Waals surface area contributed by atoms with Crippen molar-refractivity contribution in [3.8, 4) is 0 Å². The topological polar surface area (TPSA) is 61.4 Å². The van der Waals surface area contributed by atoms with Crippen LogP contribution in [0.4, 0.5) is 5.69 Å². The van der Waals surface area contributed by atoms with E-state index in [-0.39, 0.29) is 23.9 Å². The number of benzene rings is 1. The Kier molecular flexibility index (Phi) is 5.86. The van der Waals surface area contributed by atoms with Crippen LogP contribution in [0.15, 0.2) is 24.3 Å². The van der Waals surface area contributed by atoms with E-state index in [1.165, 1.54) is 0 Å². The van der Waals surface area contributed by atoms with Crippen molar-refractivity contribution in [3.63, 3.8) is 0 Å². The van der Waals surface area contributed by atoms with E-state index in [1.54, 1.807) is 0 Å². The van der Waals surface area contributed by atoms with E-state index in [2.05, 4.69) is 17.6 Å². The van der Waals surface area contributed by atoms with E-state index in [1.807, 2.05) is 49.9 Å². The molecule has 5 nitrogen and oxygen atoms in total. The number of anilines is 1. The molecule has 1 fully saturated rings. The van der Waals surface area contributed by atoms with Gasteiger partial charge in [0.2, 0.25) is 5.91 Å². The van der Waals surface area contributed by atoms with E-state index in [0.29, 0.717) is 11.5 Å². The van der Waals surface area contributed by atoms with Gasteiger partial charge in [0.25, 0.3) is 5.91 Å². The summed E-state index contributed by atoms with van der Waals surface area (Å²) in [4.78, 5) is 26.4. The average Bonchev–Trinajstić information content (AvgIpc) is 2.52. The third-order valence-electron chi connectivity index (χ3n) is 4.15. The van der Waals surface area contributed by atoms with Crippen LogP contribution in [0.3, 0.4) is 0 Å². The molecule has 1 saturated heterocycles. The monoisotopic (exact) mass is 331 g/mol.